The van der Waals surface area contributed by atoms with Gasteiger partial charge in [-0.3, -0.25) is 4.79 Å². The molecule has 3 rings (SSSR count). The standard InChI is InChI=1S/C14H22F2N2O/c1-10(2)17-4-3-13(7-17)8-18(9-13)12(19)11-5-14(15,16)6-11/h10-11H,3-9H2,1-2H3. The van der Waals surface area contributed by atoms with Crippen molar-refractivity contribution in [2.24, 2.45) is 11.3 Å². The molecule has 0 bridgehead atoms. The van der Waals surface area contributed by atoms with Crippen molar-refractivity contribution in [1.29, 1.82) is 0 Å². The maximum Gasteiger partial charge on any atom is 0.249 e. The summed E-state index contributed by atoms with van der Waals surface area (Å²) in [4.78, 5) is 16.3. The number of alkyl halides is 2. The number of halogens is 2. The molecule has 2 heterocycles. The largest absolute Gasteiger partial charge is 0.341 e. The van der Waals surface area contributed by atoms with Crippen molar-refractivity contribution in [3.63, 3.8) is 0 Å². The predicted molar refractivity (Wildman–Crippen MR) is 68.0 cm³/mol. The SMILES string of the molecule is CC(C)N1CCC2(CN(C(=O)C3CC(F)(F)C3)C2)C1. The monoisotopic (exact) mass is 272 g/mol. The number of hydrogen-bond acceptors (Lipinski definition) is 2. The van der Waals surface area contributed by atoms with Gasteiger partial charge in [-0.25, -0.2) is 8.78 Å². The van der Waals surface area contributed by atoms with Crippen LogP contribution in [0.4, 0.5) is 8.78 Å². The van der Waals surface area contributed by atoms with E-state index in [2.05, 4.69) is 18.7 Å². The Morgan fingerprint density at radius 1 is 1.21 bits per heavy atom. The van der Waals surface area contributed by atoms with Gasteiger partial charge in [0.1, 0.15) is 0 Å². The summed E-state index contributed by atoms with van der Waals surface area (Å²) >= 11 is 0. The highest BCUT2D eigenvalue weighted by molar-refractivity contribution is 5.81. The van der Waals surface area contributed by atoms with Gasteiger partial charge in [-0.1, -0.05) is 0 Å². The number of amides is 1. The maximum atomic E-state index is 12.8. The molecule has 0 N–H and O–H groups in total. The van der Waals surface area contributed by atoms with Crippen molar-refractivity contribution in [2.75, 3.05) is 26.2 Å². The highest BCUT2D eigenvalue weighted by atomic mass is 19.3. The first-order valence-corrected chi connectivity index (χ1v) is 7.21. The van der Waals surface area contributed by atoms with Gasteiger partial charge in [0.2, 0.25) is 11.8 Å². The van der Waals surface area contributed by atoms with Gasteiger partial charge >= 0.3 is 0 Å². The van der Waals surface area contributed by atoms with E-state index >= 15 is 0 Å². The first-order chi connectivity index (χ1) is 8.80. The van der Waals surface area contributed by atoms with Gasteiger partial charge in [0.25, 0.3) is 0 Å². The zero-order chi connectivity index (χ0) is 13.8. The molecule has 1 aliphatic carbocycles. The van der Waals surface area contributed by atoms with E-state index in [1.54, 1.807) is 4.90 Å². The van der Waals surface area contributed by atoms with E-state index in [1.165, 1.54) is 0 Å². The number of nitrogens with zero attached hydrogens (tertiary/aromatic N) is 2. The second-order valence-corrected chi connectivity index (χ2v) is 6.97. The molecule has 0 aromatic heterocycles. The Morgan fingerprint density at radius 2 is 1.84 bits per heavy atom. The minimum atomic E-state index is -2.59. The van der Waals surface area contributed by atoms with E-state index < -0.39 is 11.8 Å². The van der Waals surface area contributed by atoms with Gasteiger partial charge in [-0.2, -0.15) is 0 Å². The lowest BCUT2D eigenvalue weighted by Crippen LogP contribution is -2.62. The molecule has 1 saturated carbocycles. The quantitative estimate of drug-likeness (QED) is 0.767. The van der Waals surface area contributed by atoms with Crippen molar-refractivity contribution in [3.8, 4) is 0 Å². The zero-order valence-corrected chi connectivity index (χ0v) is 11.7. The van der Waals surface area contributed by atoms with E-state index in [0.717, 1.165) is 32.6 Å². The molecule has 3 fully saturated rings. The van der Waals surface area contributed by atoms with Gasteiger partial charge in [0, 0.05) is 49.9 Å². The van der Waals surface area contributed by atoms with Crippen LogP contribution in [0.1, 0.15) is 33.1 Å². The van der Waals surface area contributed by atoms with E-state index in [4.69, 9.17) is 0 Å². The Labute approximate surface area is 112 Å². The molecule has 0 atom stereocenters. The van der Waals surface area contributed by atoms with E-state index in [-0.39, 0.29) is 24.2 Å². The van der Waals surface area contributed by atoms with Crippen molar-refractivity contribution in [1.82, 2.24) is 9.80 Å². The Hall–Kier alpha value is -0.710. The van der Waals surface area contributed by atoms with Crippen LogP contribution in [0.25, 0.3) is 0 Å². The molecule has 1 spiro atoms. The van der Waals surface area contributed by atoms with Crippen molar-refractivity contribution in [3.05, 3.63) is 0 Å². The minimum absolute atomic E-state index is 0.0421. The predicted octanol–water partition coefficient (Wildman–Crippen LogP) is 1.97. The number of carbonyl (C=O) groups is 1. The van der Waals surface area contributed by atoms with Crippen LogP contribution in [0.3, 0.4) is 0 Å². The molecule has 108 valence electrons. The summed E-state index contributed by atoms with van der Waals surface area (Å²) in [6.07, 6.45) is 0.649. The van der Waals surface area contributed by atoms with E-state index in [1.807, 2.05) is 0 Å². The number of hydrogen-bond donors (Lipinski definition) is 0. The molecule has 1 amide bonds. The summed E-state index contributed by atoms with van der Waals surface area (Å²) in [6, 6.07) is 0.550. The molecule has 19 heavy (non-hydrogen) atoms. The van der Waals surface area contributed by atoms with Crippen LogP contribution in [-0.4, -0.2) is 53.9 Å². The van der Waals surface area contributed by atoms with Crippen LogP contribution >= 0.6 is 0 Å². The van der Waals surface area contributed by atoms with Gasteiger partial charge < -0.3 is 9.80 Å². The van der Waals surface area contributed by atoms with Crippen LogP contribution in [0, 0.1) is 11.3 Å². The third kappa shape index (κ3) is 2.26. The molecule has 0 unspecified atom stereocenters. The van der Waals surface area contributed by atoms with Gasteiger partial charge in [-0.15, -0.1) is 0 Å². The van der Waals surface area contributed by atoms with Crippen molar-refractivity contribution < 1.29 is 13.6 Å². The molecule has 5 heteroatoms. The van der Waals surface area contributed by atoms with Crippen molar-refractivity contribution in [2.45, 2.75) is 45.1 Å². The molecular weight excluding hydrogens is 250 g/mol. The van der Waals surface area contributed by atoms with Gasteiger partial charge in [-0.05, 0) is 26.8 Å². The van der Waals surface area contributed by atoms with Crippen LogP contribution < -0.4 is 0 Å². The zero-order valence-electron chi connectivity index (χ0n) is 11.7. The smallest absolute Gasteiger partial charge is 0.249 e. The Morgan fingerprint density at radius 3 is 2.32 bits per heavy atom. The lowest BCUT2D eigenvalue weighted by atomic mass is 9.75. The Balaban J connectivity index is 1.49. The Bertz CT molecular complexity index is 383. The highest BCUT2D eigenvalue weighted by Crippen LogP contribution is 2.46. The third-order valence-corrected chi connectivity index (χ3v) is 5.00. The van der Waals surface area contributed by atoms with E-state index in [0.29, 0.717) is 6.04 Å². The van der Waals surface area contributed by atoms with Gasteiger partial charge in [0.15, 0.2) is 0 Å². The maximum absolute atomic E-state index is 12.8. The lowest BCUT2D eigenvalue weighted by Gasteiger charge is -2.50. The third-order valence-electron chi connectivity index (χ3n) is 5.00. The fourth-order valence-corrected chi connectivity index (χ4v) is 3.68. The summed E-state index contributed by atoms with van der Waals surface area (Å²) in [7, 11) is 0. The average molecular weight is 272 g/mol. The average Bonchev–Trinajstić information content (AvgIpc) is 2.67. The molecule has 0 aromatic carbocycles. The summed E-state index contributed by atoms with van der Waals surface area (Å²) in [5.74, 6) is -3.06. The summed E-state index contributed by atoms with van der Waals surface area (Å²) in [6.45, 7) is 8.08. The van der Waals surface area contributed by atoms with Gasteiger partial charge in [0.05, 0.1) is 0 Å². The second-order valence-electron chi connectivity index (χ2n) is 6.97. The fourth-order valence-electron chi connectivity index (χ4n) is 3.68. The first-order valence-electron chi connectivity index (χ1n) is 7.21. The molecule has 2 aliphatic heterocycles. The van der Waals surface area contributed by atoms with Crippen LogP contribution in [-0.2, 0) is 4.79 Å². The summed E-state index contributed by atoms with van der Waals surface area (Å²) < 4.78 is 25.6. The lowest BCUT2D eigenvalue weighted by molar-refractivity contribution is -0.169. The summed E-state index contributed by atoms with van der Waals surface area (Å²) in [5, 5.41) is 0. The summed E-state index contributed by atoms with van der Waals surface area (Å²) in [5.41, 5.74) is 0.256. The van der Waals surface area contributed by atoms with Crippen molar-refractivity contribution >= 4 is 5.91 Å². The molecule has 0 aromatic rings. The normalized spacial score (nSPS) is 29.6. The topological polar surface area (TPSA) is 23.6 Å². The molecular formula is C14H22F2N2O. The molecule has 3 nitrogen and oxygen atoms in total. The highest BCUT2D eigenvalue weighted by Gasteiger charge is 2.55. The van der Waals surface area contributed by atoms with Crippen LogP contribution in [0.5, 0.6) is 0 Å². The number of rotatable bonds is 2. The molecule has 3 aliphatic rings. The van der Waals surface area contributed by atoms with Crippen LogP contribution in [0.15, 0.2) is 0 Å². The number of likely N-dealkylation sites (tertiary alicyclic amines) is 2. The minimum Gasteiger partial charge on any atom is -0.341 e. The second kappa shape index (κ2) is 4.14. The Kier molecular flexibility index (Phi) is 2.89. The fraction of sp³-hybridized carbons (Fsp3) is 0.929. The molecule has 0 radical (unpaired) electrons. The van der Waals surface area contributed by atoms with Crippen LogP contribution in [0.2, 0.25) is 0 Å². The van der Waals surface area contributed by atoms with E-state index in [9.17, 15) is 13.6 Å². The first kappa shape index (κ1) is 13.3. The molecule has 2 saturated heterocycles. The number of carbonyl (C=O) groups excluding carboxylic acids is 1.